The largest absolute Gasteiger partial charge is 0.416 e. The number of aromatic nitrogens is 4. The van der Waals surface area contributed by atoms with Crippen LogP contribution in [-0.2, 0) is 11.0 Å². The minimum atomic E-state index is -4.47. The first-order valence-electron chi connectivity index (χ1n) is 8.20. The number of carbonyl (C=O) groups excluding carboxylic acids is 1. The van der Waals surface area contributed by atoms with E-state index in [-0.39, 0.29) is 11.4 Å². The normalized spacial score (nSPS) is 11.5. The number of benzene rings is 2. The maximum Gasteiger partial charge on any atom is 0.416 e. The van der Waals surface area contributed by atoms with E-state index < -0.39 is 17.6 Å². The molecule has 0 spiro atoms. The molecule has 1 N–H and O–H groups in total. The molecule has 0 saturated carbocycles. The van der Waals surface area contributed by atoms with Gasteiger partial charge in [-0.3, -0.25) is 4.79 Å². The highest BCUT2D eigenvalue weighted by Gasteiger charge is 2.30. The summed E-state index contributed by atoms with van der Waals surface area (Å²) in [5.74, 6) is -0.513. The molecule has 6 nitrogen and oxygen atoms in total. The predicted molar refractivity (Wildman–Crippen MR) is 99.4 cm³/mol. The third-order valence-corrected chi connectivity index (χ3v) is 4.75. The van der Waals surface area contributed by atoms with Crippen LogP contribution in [-0.4, -0.2) is 31.9 Å². The van der Waals surface area contributed by atoms with Crippen LogP contribution in [0.1, 0.15) is 16.7 Å². The molecule has 146 valence electrons. The minimum Gasteiger partial charge on any atom is -0.325 e. The van der Waals surface area contributed by atoms with Gasteiger partial charge in [0.15, 0.2) is 0 Å². The Kier molecular flexibility index (Phi) is 5.68. The van der Waals surface area contributed by atoms with Crippen molar-refractivity contribution in [3.63, 3.8) is 0 Å². The summed E-state index contributed by atoms with van der Waals surface area (Å²) in [6.45, 7) is 3.91. The molecule has 10 heteroatoms. The van der Waals surface area contributed by atoms with Crippen molar-refractivity contribution < 1.29 is 18.0 Å². The zero-order valence-corrected chi connectivity index (χ0v) is 15.8. The first-order chi connectivity index (χ1) is 13.2. The molecule has 0 fully saturated rings. The Morgan fingerprint density at radius 2 is 1.96 bits per heavy atom. The van der Waals surface area contributed by atoms with Gasteiger partial charge in [0.25, 0.3) is 0 Å². The monoisotopic (exact) mass is 407 g/mol. The van der Waals surface area contributed by atoms with E-state index in [1.807, 2.05) is 32.0 Å². The van der Waals surface area contributed by atoms with Gasteiger partial charge in [0, 0.05) is 5.69 Å². The van der Waals surface area contributed by atoms with Crippen LogP contribution < -0.4 is 5.32 Å². The summed E-state index contributed by atoms with van der Waals surface area (Å²) in [5.41, 5.74) is 2.12. The van der Waals surface area contributed by atoms with Gasteiger partial charge in [0.1, 0.15) is 0 Å². The van der Waals surface area contributed by atoms with E-state index in [0.717, 1.165) is 40.7 Å². The van der Waals surface area contributed by atoms with E-state index in [2.05, 4.69) is 20.8 Å². The summed E-state index contributed by atoms with van der Waals surface area (Å²) >= 11 is 1.09. The van der Waals surface area contributed by atoms with Crippen LogP contribution in [0.4, 0.5) is 18.9 Å². The van der Waals surface area contributed by atoms with Gasteiger partial charge < -0.3 is 5.32 Å². The molecule has 0 aliphatic heterocycles. The molecule has 0 aliphatic rings. The maximum atomic E-state index is 12.8. The number of halogens is 3. The van der Waals surface area contributed by atoms with Crippen LogP contribution in [0.5, 0.6) is 0 Å². The average Bonchev–Trinajstić information content (AvgIpc) is 3.08. The molecule has 0 bridgehead atoms. The smallest absolute Gasteiger partial charge is 0.325 e. The summed E-state index contributed by atoms with van der Waals surface area (Å²) in [4.78, 5) is 12.1. The SMILES string of the molecule is Cc1ccc(-n2nnnc2SCC(=O)Nc2cccc(C(F)(F)F)c2)c(C)c1. The van der Waals surface area contributed by atoms with E-state index in [4.69, 9.17) is 0 Å². The highest BCUT2D eigenvalue weighted by atomic mass is 32.2. The standard InChI is InChI=1S/C18H16F3N5OS/c1-11-6-7-15(12(2)8-11)26-17(23-24-25-26)28-10-16(27)22-14-5-3-4-13(9-14)18(19,20)21/h3-9H,10H2,1-2H3,(H,22,27). The molecule has 0 unspecified atom stereocenters. The molecular weight excluding hydrogens is 391 g/mol. The lowest BCUT2D eigenvalue weighted by molar-refractivity contribution is -0.137. The van der Waals surface area contributed by atoms with Crippen molar-refractivity contribution in [1.29, 1.82) is 0 Å². The minimum absolute atomic E-state index is 0.0540. The molecule has 3 rings (SSSR count). The fraction of sp³-hybridized carbons (Fsp3) is 0.222. The van der Waals surface area contributed by atoms with Crippen molar-refractivity contribution in [2.75, 3.05) is 11.1 Å². The fourth-order valence-corrected chi connectivity index (χ4v) is 3.25. The lowest BCUT2D eigenvalue weighted by Gasteiger charge is -2.10. The Bertz CT molecular complexity index is 1000. The van der Waals surface area contributed by atoms with E-state index in [1.54, 1.807) is 0 Å². The van der Waals surface area contributed by atoms with Gasteiger partial charge in [-0.2, -0.15) is 17.9 Å². The summed E-state index contributed by atoms with van der Waals surface area (Å²) in [7, 11) is 0. The molecule has 0 radical (unpaired) electrons. The second kappa shape index (κ2) is 8.01. The Morgan fingerprint density at radius 3 is 2.68 bits per heavy atom. The van der Waals surface area contributed by atoms with Crippen LogP contribution in [0.25, 0.3) is 5.69 Å². The molecule has 3 aromatic rings. The third kappa shape index (κ3) is 4.69. The fourth-order valence-electron chi connectivity index (χ4n) is 2.56. The maximum absolute atomic E-state index is 12.8. The lowest BCUT2D eigenvalue weighted by Crippen LogP contribution is -2.15. The second-order valence-corrected chi connectivity index (χ2v) is 7.02. The van der Waals surface area contributed by atoms with Gasteiger partial charge >= 0.3 is 6.18 Å². The van der Waals surface area contributed by atoms with E-state index in [9.17, 15) is 18.0 Å². The first kappa shape index (κ1) is 19.9. The molecule has 0 saturated heterocycles. The highest BCUT2D eigenvalue weighted by Crippen LogP contribution is 2.30. The summed E-state index contributed by atoms with van der Waals surface area (Å²) in [5, 5.41) is 14.4. The summed E-state index contributed by atoms with van der Waals surface area (Å²) in [6, 6.07) is 10.3. The van der Waals surface area contributed by atoms with E-state index in [1.165, 1.54) is 16.8 Å². The van der Waals surface area contributed by atoms with Gasteiger partial charge in [-0.25, -0.2) is 0 Å². The van der Waals surface area contributed by atoms with Crippen molar-refractivity contribution in [2.24, 2.45) is 0 Å². The molecule has 2 aromatic carbocycles. The number of nitrogens with one attached hydrogen (secondary N) is 1. The number of thioether (sulfide) groups is 1. The molecule has 0 aliphatic carbocycles. The number of nitrogens with zero attached hydrogens (tertiary/aromatic N) is 4. The summed E-state index contributed by atoms with van der Waals surface area (Å²) in [6.07, 6.45) is -4.47. The molecule has 28 heavy (non-hydrogen) atoms. The third-order valence-electron chi connectivity index (χ3n) is 3.83. The number of hydrogen-bond acceptors (Lipinski definition) is 5. The predicted octanol–water partition coefficient (Wildman–Crippen LogP) is 4.03. The Morgan fingerprint density at radius 1 is 1.18 bits per heavy atom. The van der Waals surface area contributed by atoms with Crippen molar-refractivity contribution >= 4 is 23.4 Å². The number of amides is 1. The van der Waals surface area contributed by atoms with Gasteiger partial charge in [-0.1, -0.05) is 35.5 Å². The average molecular weight is 407 g/mol. The number of alkyl halides is 3. The molecular formula is C18H16F3N5OS. The Balaban J connectivity index is 1.67. The molecule has 1 aromatic heterocycles. The van der Waals surface area contributed by atoms with E-state index >= 15 is 0 Å². The van der Waals surface area contributed by atoms with E-state index in [0.29, 0.717) is 5.16 Å². The lowest BCUT2D eigenvalue weighted by atomic mass is 10.1. The number of anilines is 1. The zero-order chi connectivity index (χ0) is 20.3. The number of hydrogen-bond donors (Lipinski definition) is 1. The zero-order valence-electron chi connectivity index (χ0n) is 15.0. The molecule has 1 heterocycles. The molecule has 0 atom stereocenters. The highest BCUT2D eigenvalue weighted by molar-refractivity contribution is 7.99. The number of tetrazole rings is 1. The number of aryl methyl sites for hydroxylation is 2. The second-order valence-electron chi connectivity index (χ2n) is 6.08. The molecule has 1 amide bonds. The van der Waals surface area contributed by atoms with Crippen molar-refractivity contribution in [3.8, 4) is 5.69 Å². The quantitative estimate of drug-likeness (QED) is 0.647. The van der Waals surface area contributed by atoms with Crippen LogP contribution in [0, 0.1) is 13.8 Å². The Labute approximate surface area is 163 Å². The van der Waals surface area contributed by atoms with Gasteiger partial charge in [0.05, 0.1) is 17.0 Å². The van der Waals surface area contributed by atoms with Crippen LogP contribution in [0.15, 0.2) is 47.6 Å². The van der Waals surface area contributed by atoms with Gasteiger partial charge in [-0.15, -0.1) is 5.10 Å². The Hall–Kier alpha value is -2.88. The van der Waals surface area contributed by atoms with Crippen molar-refractivity contribution in [2.45, 2.75) is 25.2 Å². The van der Waals surface area contributed by atoms with Gasteiger partial charge in [0.2, 0.25) is 11.1 Å². The van der Waals surface area contributed by atoms with Crippen LogP contribution >= 0.6 is 11.8 Å². The van der Waals surface area contributed by atoms with Crippen LogP contribution in [0.2, 0.25) is 0 Å². The number of rotatable bonds is 5. The van der Waals surface area contributed by atoms with Crippen molar-refractivity contribution in [1.82, 2.24) is 20.2 Å². The van der Waals surface area contributed by atoms with Gasteiger partial charge in [-0.05, 0) is 54.1 Å². The van der Waals surface area contributed by atoms with Crippen LogP contribution in [0.3, 0.4) is 0 Å². The first-order valence-corrected chi connectivity index (χ1v) is 9.18. The summed E-state index contributed by atoms with van der Waals surface area (Å²) < 4.78 is 39.8. The topological polar surface area (TPSA) is 72.7 Å². The number of carbonyl (C=O) groups is 1. The van der Waals surface area contributed by atoms with Crippen molar-refractivity contribution in [3.05, 3.63) is 59.2 Å².